The van der Waals surface area contributed by atoms with Crippen molar-refractivity contribution in [2.75, 3.05) is 26.2 Å². The molecule has 0 aliphatic carbocycles. The Kier molecular flexibility index (Phi) is 4.59. The number of carbonyl (C=O) groups is 1. The van der Waals surface area contributed by atoms with Gasteiger partial charge < -0.3 is 15.5 Å². The molecule has 1 aliphatic rings. The van der Waals surface area contributed by atoms with Crippen LogP contribution in [0.3, 0.4) is 0 Å². The van der Waals surface area contributed by atoms with Crippen LogP contribution in [0.2, 0.25) is 0 Å². The van der Waals surface area contributed by atoms with Crippen molar-refractivity contribution in [1.82, 2.24) is 15.5 Å². The number of rotatable bonds is 6. The Morgan fingerprint density at radius 3 is 2.78 bits per heavy atom. The van der Waals surface area contributed by atoms with Crippen LogP contribution < -0.4 is 10.6 Å². The molecular formula is C14H21N3O. The van der Waals surface area contributed by atoms with Gasteiger partial charge in [-0.15, -0.1) is 0 Å². The summed E-state index contributed by atoms with van der Waals surface area (Å²) in [6, 6.07) is 10.9. The molecular weight excluding hydrogens is 226 g/mol. The molecule has 0 aromatic heterocycles. The summed E-state index contributed by atoms with van der Waals surface area (Å²) in [5.41, 5.74) is 1.31. The van der Waals surface area contributed by atoms with E-state index >= 15 is 0 Å². The number of benzene rings is 1. The minimum Gasteiger partial charge on any atom is -0.336 e. The van der Waals surface area contributed by atoms with E-state index in [9.17, 15) is 4.79 Å². The van der Waals surface area contributed by atoms with Gasteiger partial charge in [-0.25, -0.2) is 4.79 Å². The lowest BCUT2D eigenvalue weighted by molar-refractivity contribution is 0.217. The number of amides is 2. The van der Waals surface area contributed by atoms with Gasteiger partial charge in [0.05, 0.1) is 0 Å². The smallest absolute Gasteiger partial charge is 0.317 e. The molecule has 18 heavy (non-hydrogen) atoms. The third kappa shape index (κ3) is 3.23. The number of urea groups is 1. The summed E-state index contributed by atoms with van der Waals surface area (Å²) >= 11 is 0. The van der Waals surface area contributed by atoms with Gasteiger partial charge in [0.1, 0.15) is 0 Å². The normalized spacial score (nSPS) is 16.7. The summed E-state index contributed by atoms with van der Waals surface area (Å²) in [7, 11) is 0. The quantitative estimate of drug-likeness (QED) is 0.804. The number of hydrogen-bond donors (Lipinski definition) is 2. The third-order valence-electron chi connectivity index (χ3n) is 3.33. The van der Waals surface area contributed by atoms with E-state index in [1.54, 1.807) is 0 Å². The van der Waals surface area contributed by atoms with Crippen LogP contribution in [0, 0.1) is 0 Å². The molecule has 1 fully saturated rings. The highest BCUT2D eigenvalue weighted by atomic mass is 16.2. The summed E-state index contributed by atoms with van der Waals surface area (Å²) in [5.74, 6) is 0. The maximum Gasteiger partial charge on any atom is 0.317 e. The standard InChI is InChI=1S/C14H21N3O/c1-2-13(12-6-4-3-5-7-12)15-8-10-17-11-9-16-14(17)18/h3-7,13,15H,2,8-11H2,1H3,(H,16,18). The molecule has 1 aromatic rings. The van der Waals surface area contributed by atoms with Gasteiger partial charge >= 0.3 is 6.03 Å². The van der Waals surface area contributed by atoms with E-state index in [2.05, 4.69) is 41.8 Å². The molecule has 2 N–H and O–H groups in total. The lowest BCUT2D eigenvalue weighted by Crippen LogP contribution is -2.35. The largest absolute Gasteiger partial charge is 0.336 e. The molecule has 4 nitrogen and oxygen atoms in total. The Hall–Kier alpha value is -1.55. The van der Waals surface area contributed by atoms with Crippen molar-refractivity contribution in [3.05, 3.63) is 35.9 Å². The molecule has 1 heterocycles. The van der Waals surface area contributed by atoms with Crippen LogP contribution in [-0.2, 0) is 0 Å². The Morgan fingerprint density at radius 1 is 1.39 bits per heavy atom. The maximum atomic E-state index is 11.4. The molecule has 2 rings (SSSR count). The molecule has 1 unspecified atom stereocenters. The number of nitrogens with zero attached hydrogens (tertiary/aromatic N) is 1. The van der Waals surface area contributed by atoms with E-state index in [1.807, 2.05) is 11.0 Å². The molecule has 1 atom stereocenters. The first-order valence-electron chi connectivity index (χ1n) is 6.62. The first-order valence-corrected chi connectivity index (χ1v) is 6.62. The van der Waals surface area contributed by atoms with Gasteiger partial charge in [0.25, 0.3) is 0 Å². The average Bonchev–Trinajstić information content (AvgIpc) is 2.81. The lowest BCUT2D eigenvalue weighted by Gasteiger charge is -2.20. The minimum absolute atomic E-state index is 0.0598. The molecule has 1 saturated heterocycles. The molecule has 4 heteroatoms. The van der Waals surface area contributed by atoms with Crippen molar-refractivity contribution in [2.24, 2.45) is 0 Å². The van der Waals surface area contributed by atoms with Gasteiger partial charge in [-0.1, -0.05) is 37.3 Å². The minimum atomic E-state index is 0.0598. The van der Waals surface area contributed by atoms with E-state index in [0.29, 0.717) is 6.04 Å². The van der Waals surface area contributed by atoms with Crippen molar-refractivity contribution in [3.8, 4) is 0 Å². The molecule has 98 valence electrons. The average molecular weight is 247 g/mol. The summed E-state index contributed by atoms with van der Waals surface area (Å²) in [4.78, 5) is 13.2. The maximum absolute atomic E-state index is 11.4. The first kappa shape index (κ1) is 12.9. The molecule has 1 aromatic carbocycles. The van der Waals surface area contributed by atoms with Gasteiger partial charge in [-0.2, -0.15) is 0 Å². The third-order valence-corrected chi connectivity index (χ3v) is 3.33. The predicted molar refractivity (Wildman–Crippen MR) is 72.4 cm³/mol. The zero-order valence-corrected chi connectivity index (χ0v) is 10.9. The van der Waals surface area contributed by atoms with Gasteiger partial charge in [0, 0.05) is 32.2 Å². The molecule has 1 aliphatic heterocycles. The highest BCUT2D eigenvalue weighted by molar-refractivity contribution is 5.76. The Balaban J connectivity index is 1.79. The highest BCUT2D eigenvalue weighted by Crippen LogP contribution is 2.15. The summed E-state index contributed by atoms with van der Waals surface area (Å²) < 4.78 is 0. The molecule has 0 bridgehead atoms. The molecule has 0 radical (unpaired) electrons. The van der Waals surface area contributed by atoms with Crippen LogP contribution in [0.15, 0.2) is 30.3 Å². The van der Waals surface area contributed by atoms with Gasteiger partial charge in [-0.05, 0) is 12.0 Å². The number of hydrogen-bond acceptors (Lipinski definition) is 2. The Morgan fingerprint density at radius 2 is 2.17 bits per heavy atom. The fourth-order valence-electron chi connectivity index (χ4n) is 2.28. The van der Waals surface area contributed by atoms with E-state index in [4.69, 9.17) is 0 Å². The van der Waals surface area contributed by atoms with Crippen LogP contribution >= 0.6 is 0 Å². The Bertz CT molecular complexity index is 380. The number of carbonyl (C=O) groups excluding carboxylic acids is 1. The topological polar surface area (TPSA) is 44.4 Å². The van der Waals surface area contributed by atoms with Gasteiger partial charge in [0.15, 0.2) is 0 Å². The van der Waals surface area contributed by atoms with Gasteiger partial charge in [-0.3, -0.25) is 0 Å². The van der Waals surface area contributed by atoms with Crippen LogP contribution in [0.5, 0.6) is 0 Å². The van der Waals surface area contributed by atoms with E-state index in [0.717, 1.165) is 32.6 Å². The predicted octanol–water partition coefficient (Wildman–Crippen LogP) is 1.75. The van der Waals surface area contributed by atoms with E-state index in [1.165, 1.54) is 5.56 Å². The fourth-order valence-corrected chi connectivity index (χ4v) is 2.28. The molecule has 2 amide bonds. The van der Waals surface area contributed by atoms with Crippen LogP contribution in [0.25, 0.3) is 0 Å². The van der Waals surface area contributed by atoms with Crippen molar-refractivity contribution >= 4 is 6.03 Å². The monoisotopic (exact) mass is 247 g/mol. The van der Waals surface area contributed by atoms with Crippen molar-refractivity contribution < 1.29 is 4.79 Å². The van der Waals surface area contributed by atoms with E-state index in [-0.39, 0.29) is 6.03 Å². The second kappa shape index (κ2) is 6.40. The second-order valence-corrected chi connectivity index (χ2v) is 4.54. The SMILES string of the molecule is CCC(NCCN1CCNC1=O)c1ccccc1. The highest BCUT2D eigenvalue weighted by Gasteiger charge is 2.18. The Labute approximate surface area is 108 Å². The van der Waals surface area contributed by atoms with Crippen LogP contribution in [0.4, 0.5) is 4.79 Å². The fraction of sp³-hybridized carbons (Fsp3) is 0.500. The van der Waals surface area contributed by atoms with E-state index < -0.39 is 0 Å². The summed E-state index contributed by atoms with van der Waals surface area (Å²) in [5, 5.41) is 6.32. The van der Waals surface area contributed by atoms with Crippen LogP contribution in [-0.4, -0.2) is 37.1 Å². The lowest BCUT2D eigenvalue weighted by atomic mass is 10.0. The summed E-state index contributed by atoms with van der Waals surface area (Å²) in [6.45, 7) is 5.38. The summed E-state index contributed by atoms with van der Waals surface area (Å²) in [6.07, 6.45) is 1.05. The zero-order chi connectivity index (χ0) is 12.8. The van der Waals surface area contributed by atoms with Gasteiger partial charge in [0.2, 0.25) is 0 Å². The van der Waals surface area contributed by atoms with Crippen molar-refractivity contribution in [1.29, 1.82) is 0 Å². The number of nitrogens with one attached hydrogen (secondary N) is 2. The van der Waals surface area contributed by atoms with Crippen LogP contribution in [0.1, 0.15) is 24.9 Å². The van der Waals surface area contributed by atoms with Crippen molar-refractivity contribution in [3.63, 3.8) is 0 Å². The van der Waals surface area contributed by atoms with Crippen molar-refractivity contribution in [2.45, 2.75) is 19.4 Å². The first-order chi connectivity index (χ1) is 8.81. The second-order valence-electron chi connectivity index (χ2n) is 4.54. The zero-order valence-electron chi connectivity index (χ0n) is 10.9. The molecule has 0 saturated carbocycles. The molecule has 0 spiro atoms.